The van der Waals surface area contributed by atoms with Crippen LogP contribution in [0, 0.1) is 0 Å². The van der Waals surface area contributed by atoms with E-state index in [9.17, 15) is 21.6 Å². The van der Waals surface area contributed by atoms with Crippen LogP contribution in [0.15, 0.2) is 27.6 Å². The summed E-state index contributed by atoms with van der Waals surface area (Å²) in [7, 11) is -3.00. The normalized spacial score (nSPS) is 17.0. The highest BCUT2D eigenvalue weighted by molar-refractivity contribution is 9.10. The summed E-state index contributed by atoms with van der Waals surface area (Å²) >= 11 is 2.98. The summed E-state index contributed by atoms with van der Waals surface area (Å²) in [6.45, 7) is 0.516. The first-order chi connectivity index (χ1) is 10.6. The molecule has 1 aromatic rings. The Morgan fingerprint density at radius 1 is 1.35 bits per heavy atom. The highest BCUT2D eigenvalue weighted by atomic mass is 79.9. The molecule has 0 N–H and O–H groups in total. The van der Waals surface area contributed by atoms with E-state index < -0.39 is 33.3 Å². The van der Waals surface area contributed by atoms with Gasteiger partial charge in [-0.1, -0.05) is 15.9 Å². The van der Waals surface area contributed by atoms with Crippen molar-refractivity contribution in [3.05, 3.63) is 22.7 Å². The number of sulfonamides is 1. The molecule has 0 amide bonds. The highest BCUT2D eigenvalue weighted by Crippen LogP contribution is 2.33. The smallest absolute Gasteiger partial charge is 0.404 e. The maximum absolute atomic E-state index is 12.5. The molecule has 1 aliphatic heterocycles. The molecule has 1 aliphatic rings. The van der Waals surface area contributed by atoms with E-state index in [-0.39, 0.29) is 11.0 Å². The van der Waals surface area contributed by atoms with E-state index in [0.717, 1.165) is 16.4 Å². The number of alkyl halides is 3. The van der Waals surface area contributed by atoms with Crippen molar-refractivity contribution in [3.63, 3.8) is 0 Å². The van der Waals surface area contributed by atoms with Crippen LogP contribution in [0.3, 0.4) is 0 Å². The van der Waals surface area contributed by atoms with Crippen LogP contribution < -0.4 is 4.74 Å². The van der Waals surface area contributed by atoms with E-state index >= 15 is 0 Å². The molecule has 0 radical (unpaired) electrons. The molecule has 0 saturated carbocycles. The van der Waals surface area contributed by atoms with Crippen LogP contribution in [0.25, 0.3) is 0 Å². The molecule has 1 aromatic carbocycles. The molecule has 0 atom stereocenters. The number of ether oxygens (including phenoxy) is 3. The van der Waals surface area contributed by atoms with Gasteiger partial charge in [-0.15, -0.1) is 13.2 Å². The van der Waals surface area contributed by atoms with Gasteiger partial charge < -0.3 is 14.2 Å². The van der Waals surface area contributed by atoms with Gasteiger partial charge in [0.15, 0.2) is 12.0 Å². The monoisotopic (exact) mass is 419 g/mol. The minimum Gasteiger partial charge on any atom is -0.404 e. The number of rotatable bonds is 5. The van der Waals surface area contributed by atoms with Gasteiger partial charge in [0.2, 0.25) is 10.0 Å². The van der Waals surface area contributed by atoms with E-state index in [1.54, 1.807) is 0 Å². The Morgan fingerprint density at radius 2 is 1.96 bits per heavy atom. The SMILES string of the molecule is CN(CC1OCCO1)S(=O)(=O)c1ccc(Br)cc1OC(F)(F)F. The first kappa shape index (κ1) is 18.5. The van der Waals surface area contributed by atoms with Crippen molar-refractivity contribution < 1.29 is 35.8 Å². The second-order valence-corrected chi connectivity index (χ2v) is 7.52. The van der Waals surface area contributed by atoms with E-state index in [1.165, 1.54) is 13.1 Å². The minimum absolute atomic E-state index is 0.149. The van der Waals surface area contributed by atoms with Crippen LogP contribution in [0.5, 0.6) is 5.75 Å². The lowest BCUT2D eigenvalue weighted by Crippen LogP contribution is -2.35. The van der Waals surface area contributed by atoms with Crippen LogP contribution in [0.1, 0.15) is 0 Å². The van der Waals surface area contributed by atoms with Gasteiger partial charge in [-0.3, -0.25) is 0 Å². The van der Waals surface area contributed by atoms with Gasteiger partial charge in [-0.05, 0) is 18.2 Å². The third kappa shape index (κ3) is 4.80. The molecule has 1 heterocycles. The molecule has 1 fully saturated rings. The van der Waals surface area contributed by atoms with Gasteiger partial charge in [-0.25, -0.2) is 8.42 Å². The highest BCUT2D eigenvalue weighted by Gasteiger charge is 2.36. The molecular formula is C12H13BrF3NO5S. The second-order valence-electron chi connectivity index (χ2n) is 4.60. The fourth-order valence-corrected chi connectivity index (χ4v) is 3.48. The summed E-state index contributed by atoms with van der Waals surface area (Å²) in [5.74, 6) is -0.813. The van der Waals surface area contributed by atoms with Gasteiger partial charge in [0.25, 0.3) is 0 Å². The van der Waals surface area contributed by atoms with Gasteiger partial charge >= 0.3 is 6.36 Å². The Hall–Kier alpha value is -0.880. The predicted octanol–water partition coefficient (Wildman–Crippen LogP) is 2.34. The maximum atomic E-state index is 12.5. The molecule has 1 saturated heterocycles. The Kier molecular flexibility index (Phi) is 5.56. The first-order valence-corrected chi connectivity index (χ1v) is 8.58. The number of hydrogen-bond donors (Lipinski definition) is 0. The zero-order valence-corrected chi connectivity index (χ0v) is 14.2. The fourth-order valence-electron chi connectivity index (χ4n) is 1.89. The summed E-state index contributed by atoms with van der Waals surface area (Å²) in [5, 5.41) is 0. The van der Waals surface area contributed by atoms with Gasteiger partial charge in [0.1, 0.15) is 4.90 Å². The van der Waals surface area contributed by atoms with Crippen LogP contribution in [-0.4, -0.2) is 52.2 Å². The molecule has 0 aliphatic carbocycles. The number of likely N-dealkylation sites (N-methyl/N-ethyl adjacent to an activating group) is 1. The zero-order valence-electron chi connectivity index (χ0n) is 11.8. The molecule has 2 rings (SSSR count). The molecule has 0 aromatic heterocycles. The Labute approximate surface area is 139 Å². The van der Waals surface area contributed by atoms with Crippen molar-refractivity contribution in [1.29, 1.82) is 0 Å². The second kappa shape index (κ2) is 6.93. The van der Waals surface area contributed by atoms with E-state index in [1.807, 2.05) is 0 Å². The Morgan fingerprint density at radius 3 is 2.52 bits per heavy atom. The Balaban J connectivity index is 2.30. The van der Waals surface area contributed by atoms with Crippen molar-refractivity contribution in [2.45, 2.75) is 17.5 Å². The van der Waals surface area contributed by atoms with Gasteiger partial charge in [-0.2, -0.15) is 4.31 Å². The standard InChI is InChI=1S/C12H13BrF3NO5S/c1-17(7-11-20-4-5-21-11)23(18,19)10-3-2-8(13)6-9(10)22-12(14,15)16/h2-3,6,11H,4-5,7H2,1H3. The van der Waals surface area contributed by atoms with Gasteiger partial charge in [0, 0.05) is 11.5 Å². The third-order valence-electron chi connectivity index (χ3n) is 2.92. The van der Waals surface area contributed by atoms with E-state index in [2.05, 4.69) is 20.7 Å². The summed E-state index contributed by atoms with van der Waals surface area (Å²) in [6.07, 6.45) is -5.77. The fraction of sp³-hybridized carbons (Fsp3) is 0.500. The van der Waals surface area contributed by atoms with Crippen LogP contribution in [0.2, 0.25) is 0 Å². The lowest BCUT2D eigenvalue weighted by atomic mass is 10.3. The number of nitrogens with zero attached hydrogens (tertiary/aromatic N) is 1. The average Bonchev–Trinajstić information content (AvgIpc) is 2.89. The number of hydrogen-bond acceptors (Lipinski definition) is 5. The van der Waals surface area contributed by atoms with Crippen molar-refractivity contribution in [2.75, 3.05) is 26.8 Å². The first-order valence-electron chi connectivity index (χ1n) is 6.34. The average molecular weight is 420 g/mol. The van der Waals surface area contributed by atoms with E-state index in [4.69, 9.17) is 9.47 Å². The van der Waals surface area contributed by atoms with Crippen LogP contribution >= 0.6 is 15.9 Å². The maximum Gasteiger partial charge on any atom is 0.573 e. The lowest BCUT2D eigenvalue weighted by Gasteiger charge is -2.22. The molecular weight excluding hydrogens is 407 g/mol. The van der Waals surface area contributed by atoms with Crippen molar-refractivity contribution in [1.82, 2.24) is 4.31 Å². The van der Waals surface area contributed by atoms with Gasteiger partial charge in [0.05, 0.1) is 19.8 Å². The molecule has 130 valence electrons. The molecule has 0 unspecified atom stereocenters. The third-order valence-corrected chi connectivity index (χ3v) is 5.27. The molecule has 6 nitrogen and oxygen atoms in total. The number of benzene rings is 1. The summed E-state index contributed by atoms with van der Waals surface area (Å²) < 4.78 is 77.6. The quantitative estimate of drug-likeness (QED) is 0.732. The van der Waals surface area contributed by atoms with Crippen molar-refractivity contribution in [3.8, 4) is 5.75 Å². The molecule has 0 spiro atoms. The summed E-state index contributed by atoms with van der Waals surface area (Å²) in [5.41, 5.74) is 0. The lowest BCUT2D eigenvalue weighted by molar-refractivity contribution is -0.275. The van der Waals surface area contributed by atoms with Crippen molar-refractivity contribution >= 4 is 26.0 Å². The number of halogens is 4. The largest absolute Gasteiger partial charge is 0.573 e. The van der Waals surface area contributed by atoms with Crippen molar-refractivity contribution in [2.24, 2.45) is 0 Å². The minimum atomic E-state index is -5.01. The van der Waals surface area contributed by atoms with Crippen LogP contribution in [-0.2, 0) is 19.5 Å². The van der Waals surface area contributed by atoms with Crippen LogP contribution in [0.4, 0.5) is 13.2 Å². The van der Waals surface area contributed by atoms with E-state index in [0.29, 0.717) is 13.2 Å². The predicted molar refractivity (Wildman–Crippen MR) is 76.3 cm³/mol. The molecule has 23 heavy (non-hydrogen) atoms. The molecule has 0 bridgehead atoms. The topological polar surface area (TPSA) is 65.1 Å². The zero-order chi connectivity index (χ0) is 17.3. The Bertz CT molecular complexity index is 661. The summed E-state index contributed by atoms with van der Waals surface area (Å²) in [4.78, 5) is -0.599. The molecule has 11 heteroatoms. The summed E-state index contributed by atoms with van der Waals surface area (Å²) in [6, 6.07) is 3.29.